The van der Waals surface area contributed by atoms with Crippen LogP contribution in [0.2, 0.25) is 0 Å². The van der Waals surface area contributed by atoms with Crippen molar-refractivity contribution < 1.29 is 25.2 Å². The Balaban J connectivity index is 2.89. The molecule has 0 spiro atoms. The van der Waals surface area contributed by atoms with Gasteiger partial charge >= 0.3 is 15.6 Å². The van der Waals surface area contributed by atoms with Crippen LogP contribution < -0.4 is 0 Å². The zero-order valence-corrected chi connectivity index (χ0v) is 9.42. The van der Waals surface area contributed by atoms with E-state index in [0.717, 1.165) is 0 Å². The van der Waals surface area contributed by atoms with Crippen LogP contribution in [-0.4, -0.2) is 25.4 Å². The molecule has 0 unspecified atom stereocenters. The van der Waals surface area contributed by atoms with Crippen LogP contribution >= 0.6 is 10.3 Å². The Labute approximate surface area is 87.9 Å². The SMILES string of the molecule is C=CS1(OS(=O)(=O)C(F)(F)F)CCCC1. The van der Waals surface area contributed by atoms with Gasteiger partial charge in [-0.3, -0.25) is 0 Å². The maximum Gasteiger partial charge on any atom is 0.523 e. The number of hydrogen-bond donors (Lipinski definition) is 0. The molecule has 1 rings (SSSR count). The zero-order valence-electron chi connectivity index (χ0n) is 7.79. The minimum Gasteiger partial charge on any atom is -0.209 e. The largest absolute Gasteiger partial charge is 0.523 e. The van der Waals surface area contributed by atoms with Crippen molar-refractivity contribution in [3.05, 3.63) is 12.0 Å². The van der Waals surface area contributed by atoms with Crippen molar-refractivity contribution in [1.82, 2.24) is 0 Å². The zero-order chi connectivity index (χ0) is 11.7. The van der Waals surface area contributed by atoms with Crippen LogP contribution in [-0.2, 0) is 13.7 Å². The third-order valence-corrected chi connectivity index (χ3v) is 6.98. The highest BCUT2D eigenvalue weighted by molar-refractivity contribution is 8.35. The van der Waals surface area contributed by atoms with Gasteiger partial charge in [0.05, 0.1) is 0 Å². The van der Waals surface area contributed by atoms with Crippen LogP contribution in [0.5, 0.6) is 0 Å². The van der Waals surface area contributed by atoms with Crippen LogP contribution in [0.4, 0.5) is 13.2 Å². The third-order valence-electron chi connectivity index (χ3n) is 2.04. The smallest absolute Gasteiger partial charge is 0.209 e. The third kappa shape index (κ3) is 2.67. The molecule has 0 radical (unpaired) electrons. The van der Waals surface area contributed by atoms with Gasteiger partial charge in [-0.25, -0.2) is 3.63 Å². The Morgan fingerprint density at radius 3 is 2.07 bits per heavy atom. The number of alkyl halides is 3. The van der Waals surface area contributed by atoms with Gasteiger partial charge in [-0.05, 0) is 18.2 Å². The van der Waals surface area contributed by atoms with E-state index < -0.39 is 25.9 Å². The molecule has 1 aliphatic rings. The fourth-order valence-corrected chi connectivity index (χ4v) is 5.70. The molecule has 0 aromatic carbocycles. The second kappa shape index (κ2) is 3.99. The topological polar surface area (TPSA) is 43.4 Å². The summed E-state index contributed by atoms with van der Waals surface area (Å²) in [6.07, 6.45) is 1.35. The summed E-state index contributed by atoms with van der Waals surface area (Å²) < 4.78 is 62.1. The first kappa shape index (κ1) is 12.9. The number of hydrogen-bond acceptors (Lipinski definition) is 3. The van der Waals surface area contributed by atoms with Crippen LogP contribution in [0.3, 0.4) is 0 Å². The van der Waals surface area contributed by atoms with Crippen molar-refractivity contribution in [1.29, 1.82) is 0 Å². The van der Waals surface area contributed by atoms with Gasteiger partial charge in [-0.2, -0.15) is 21.6 Å². The van der Waals surface area contributed by atoms with E-state index in [1.165, 1.54) is 5.41 Å². The number of halogens is 3. The lowest BCUT2D eigenvalue weighted by Crippen LogP contribution is -2.27. The lowest BCUT2D eigenvalue weighted by molar-refractivity contribution is -0.0495. The van der Waals surface area contributed by atoms with E-state index in [9.17, 15) is 21.6 Å². The molecular formula is C7H11F3O3S2. The predicted octanol–water partition coefficient (Wildman–Crippen LogP) is 2.51. The van der Waals surface area contributed by atoms with Gasteiger partial charge in [0.2, 0.25) is 0 Å². The molecule has 0 aliphatic carbocycles. The summed E-state index contributed by atoms with van der Waals surface area (Å²) in [6.45, 7) is 3.36. The van der Waals surface area contributed by atoms with Crippen LogP contribution in [0, 0.1) is 0 Å². The normalized spacial score (nSPS) is 23.7. The van der Waals surface area contributed by atoms with Gasteiger partial charge < -0.3 is 0 Å². The van der Waals surface area contributed by atoms with Crippen molar-refractivity contribution in [3.8, 4) is 0 Å². The Morgan fingerprint density at radius 2 is 1.73 bits per heavy atom. The van der Waals surface area contributed by atoms with Gasteiger partial charge in [-0.1, -0.05) is 16.9 Å². The lowest BCUT2D eigenvalue weighted by Gasteiger charge is -2.29. The van der Waals surface area contributed by atoms with Crippen LogP contribution in [0.15, 0.2) is 12.0 Å². The van der Waals surface area contributed by atoms with Gasteiger partial charge in [-0.15, -0.1) is 0 Å². The van der Waals surface area contributed by atoms with Crippen LogP contribution in [0.25, 0.3) is 0 Å². The highest BCUT2D eigenvalue weighted by Crippen LogP contribution is 2.58. The second-order valence-corrected chi connectivity index (χ2v) is 7.92. The standard InChI is InChI=1S/C7H11F3O3S2/c1-2-14(5-3-4-6-14)13-15(11,12)7(8,9)10/h2H,1,3-6H2. The summed E-state index contributed by atoms with van der Waals surface area (Å²) in [6, 6.07) is 0. The molecule has 3 nitrogen and oxygen atoms in total. The molecule has 1 saturated heterocycles. The van der Waals surface area contributed by atoms with Crippen molar-refractivity contribution in [2.24, 2.45) is 0 Å². The Hall–Kier alpha value is -0.210. The summed E-state index contributed by atoms with van der Waals surface area (Å²) in [5, 5.41) is 1.23. The molecule has 1 heterocycles. The average Bonchev–Trinajstić information content (AvgIpc) is 2.51. The Bertz CT molecular complexity index is 341. The number of rotatable bonds is 3. The first-order chi connectivity index (χ1) is 6.72. The summed E-state index contributed by atoms with van der Waals surface area (Å²) in [7, 11) is -7.77. The molecular weight excluding hydrogens is 253 g/mol. The predicted molar refractivity (Wildman–Crippen MR) is 52.8 cm³/mol. The molecule has 0 aromatic rings. The van der Waals surface area contributed by atoms with E-state index in [0.29, 0.717) is 24.3 Å². The van der Waals surface area contributed by atoms with Crippen molar-refractivity contribution in [2.45, 2.75) is 18.3 Å². The molecule has 15 heavy (non-hydrogen) atoms. The summed E-state index contributed by atoms with van der Waals surface area (Å²) in [5.74, 6) is 0.678. The van der Waals surface area contributed by atoms with Gasteiger partial charge in [0, 0.05) is 11.5 Å². The monoisotopic (exact) mass is 264 g/mol. The fraction of sp³-hybridized carbons (Fsp3) is 0.714. The molecule has 0 amide bonds. The molecule has 0 N–H and O–H groups in total. The Morgan fingerprint density at radius 1 is 1.27 bits per heavy atom. The molecule has 8 heteroatoms. The molecule has 1 aliphatic heterocycles. The van der Waals surface area contributed by atoms with Gasteiger partial charge in [0.1, 0.15) is 0 Å². The van der Waals surface area contributed by atoms with Gasteiger partial charge in [0.25, 0.3) is 0 Å². The second-order valence-electron chi connectivity index (χ2n) is 3.12. The van der Waals surface area contributed by atoms with Crippen molar-refractivity contribution in [2.75, 3.05) is 11.5 Å². The maximum atomic E-state index is 12.1. The van der Waals surface area contributed by atoms with Crippen molar-refractivity contribution >= 4 is 20.4 Å². The first-order valence-corrected chi connectivity index (χ1v) is 7.53. The molecule has 0 bridgehead atoms. The molecule has 0 saturated carbocycles. The van der Waals surface area contributed by atoms with E-state index in [1.54, 1.807) is 0 Å². The quantitative estimate of drug-likeness (QED) is 0.736. The molecule has 1 fully saturated rings. The maximum absolute atomic E-state index is 12.1. The van der Waals surface area contributed by atoms with Gasteiger partial charge in [0.15, 0.2) is 0 Å². The molecule has 90 valence electrons. The summed E-state index contributed by atoms with van der Waals surface area (Å²) in [4.78, 5) is 0. The average molecular weight is 264 g/mol. The van der Waals surface area contributed by atoms with E-state index in [1.807, 2.05) is 0 Å². The Kier molecular flexibility index (Phi) is 3.42. The highest BCUT2D eigenvalue weighted by Gasteiger charge is 2.50. The van der Waals surface area contributed by atoms with E-state index in [-0.39, 0.29) is 0 Å². The summed E-state index contributed by atoms with van der Waals surface area (Å²) >= 11 is 0. The minimum absolute atomic E-state index is 0.339. The highest BCUT2D eigenvalue weighted by atomic mass is 32.3. The molecule has 0 aromatic heterocycles. The van der Waals surface area contributed by atoms with E-state index in [2.05, 4.69) is 10.2 Å². The minimum atomic E-state index is -5.49. The molecule has 0 atom stereocenters. The first-order valence-electron chi connectivity index (χ1n) is 4.16. The summed E-state index contributed by atoms with van der Waals surface area (Å²) in [5.41, 5.74) is -5.35. The lowest BCUT2D eigenvalue weighted by atomic mass is 10.4. The fourth-order valence-electron chi connectivity index (χ4n) is 1.27. The van der Waals surface area contributed by atoms with Crippen molar-refractivity contribution in [3.63, 3.8) is 0 Å². The van der Waals surface area contributed by atoms with E-state index in [4.69, 9.17) is 0 Å². The van der Waals surface area contributed by atoms with Crippen LogP contribution in [0.1, 0.15) is 12.8 Å². The van der Waals surface area contributed by atoms with E-state index >= 15 is 0 Å².